The molecule has 9 aromatic carbocycles. The number of hydrogen-bond donors (Lipinski definition) is 0. The summed E-state index contributed by atoms with van der Waals surface area (Å²) in [5, 5.41) is 12.5. The number of rotatable bonds is 15. The number of aryl methyl sites for hydroxylation is 1. The molecule has 5 aromatic heterocycles. The number of para-hydroxylation sites is 3. The molecule has 3 saturated heterocycles. The predicted molar refractivity (Wildman–Crippen MR) is 527 cm³/mol. The van der Waals surface area contributed by atoms with Gasteiger partial charge in [-0.1, -0.05) is 204 Å². The van der Waals surface area contributed by atoms with Crippen molar-refractivity contribution >= 4 is 153 Å². The summed E-state index contributed by atoms with van der Waals surface area (Å²) in [5.74, 6) is 0.160. The van der Waals surface area contributed by atoms with Crippen molar-refractivity contribution in [3.63, 3.8) is 0 Å². The molecule has 0 spiro atoms. The largest absolute Gasteiger partial charge is 0.373 e. The van der Waals surface area contributed by atoms with Crippen LogP contribution in [0.2, 0.25) is 20.1 Å². The van der Waals surface area contributed by atoms with Gasteiger partial charge in [0.15, 0.2) is 0 Å². The highest BCUT2D eigenvalue weighted by molar-refractivity contribution is 6.38. The zero-order valence-corrected chi connectivity index (χ0v) is 76.8. The van der Waals surface area contributed by atoms with Crippen LogP contribution < -0.4 is 31.4 Å². The Labute approximate surface area is 769 Å². The molecule has 8 heterocycles. The van der Waals surface area contributed by atoms with Crippen molar-refractivity contribution in [3.8, 4) is 50.6 Å². The van der Waals surface area contributed by atoms with Gasteiger partial charge in [-0.2, -0.15) is 5.10 Å². The zero-order chi connectivity index (χ0) is 91.8. The molecule has 17 rings (SSSR count). The van der Waals surface area contributed by atoms with Crippen LogP contribution >= 0.6 is 46.4 Å². The lowest BCUT2D eigenvalue weighted by Gasteiger charge is -2.42. The van der Waals surface area contributed by atoms with E-state index in [1.807, 2.05) is 214 Å². The maximum absolute atomic E-state index is 14.6. The van der Waals surface area contributed by atoms with Gasteiger partial charge in [0.25, 0.3) is 33.7 Å². The second-order valence-corrected chi connectivity index (χ2v) is 35.3. The number of carbonyl (C=O) groups excluding carboxylic acids is 3. The van der Waals surface area contributed by atoms with E-state index in [-0.39, 0.29) is 81.8 Å². The van der Waals surface area contributed by atoms with Gasteiger partial charge in [-0.25, -0.2) is 14.5 Å². The average molecular weight is 1790 g/mol. The van der Waals surface area contributed by atoms with E-state index >= 15 is 0 Å². The van der Waals surface area contributed by atoms with Crippen LogP contribution in [0.15, 0.2) is 234 Å². The Kier molecular flexibility index (Phi) is 26.4. The van der Waals surface area contributed by atoms with Crippen LogP contribution in [-0.4, -0.2) is 138 Å². The van der Waals surface area contributed by atoms with Crippen LogP contribution in [-0.2, 0) is 20.9 Å². The fourth-order valence-electron chi connectivity index (χ4n) is 18.7. The van der Waals surface area contributed by atoms with Gasteiger partial charge in [-0.3, -0.25) is 52.1 Å². The second-order valence-electron chi connectivity index (χ2n) is 33.7. The molecule has 3 fully saturated rings. The number of benzene rings is 9. The third-order valence-electron chi connectivity index (χ3n) is 25.0. The molecule has 25 heteroatoms. The molecule has 3 aliphatic rings. The Hall–Kier alpha value is -13.6. The molecule has 0 aliphatic carbocycles. The molecule has 0 unspecified atom stereocenters. The Morgan fingerprint density at radius 3 is 1.22 bits per heavy atom. The summed E-state index contributed by atoms with van der Waals surface area (Å²) in [5.41, 5.74) is 12.7. The van der Waals surface area contributed by atoms with Crippen molar-refractivity contribution in [2.24, 2.45) is 0 Å². The van der Waals surface area contributed by atoms with Crippen molar-refractivity contribution in [2.75, 3.05) is 73.6 Å². The number of pyridine rings is 4. The molecule has 3 amide bonds. The van der Waals surface area contributed by atoms with E-state index in [4.69, 9.17) is 66.1 Å². The summed E-state index contributed by atoms with van der Waals surface area (Å²) in [6, 6.07) is 56.2. The lowest BCUT2D eigenvalue weighted by atomic mass is 9.95. The lowest BCUT2D eigenvalue weighted by molar-refractivity contribution is -0.129. The van der Waals surface area contributed by atoms with Crippen molar-refractivity contribution in [1.29, 1.82) is 0 Å². The van der Waals surface area contributed by atoms with E-state index in [0.717, 1.165) is 94.2 Å². The number of hydrogen-bond acceptors (Lipinski definition) is 11. The van der Waals surface area contributed by atoms with Gasteiger partial charge in [-0.15, -0.1) is 0 Å². The average Bonchev–Trinajstić information content (AvgIpc) is 0.853. The van der Waals surface area contributed by atoms with Crippen LogP contribution in [0.1, 0.15) is 111 Å². The number of piperazine rings is 3. The standard InChI is InChI=1S/C37H32Cl2N4O2.C36H32ClN5O2.C31H33ClN6O2/c1-6-34(44)41-17-18-42(23(4)21-41)36-29-19-31(39)28(26-15-16-30(38)27-13-8-7-12-25(26)27)20-33(29)43(37(45)35(36)40-5)32-14-10-9-11-24(32)22(2)3;1-6-33(43)40-16-17-41(23(4)21-40)35-28-18-30(37)27(26-12-9-10-24-14-15-39-20-29(24)26)19-32(28)42(36(44)34(35)38-5)31-13-8-7-11-25(31)22(2)3;1-7-37-26(12-13-34-37)23-17-28-24(16-25(23)32)30(36-15-14-35(21(5)39)18-20(36)4)29(33-6)31(40)38(28)27-11-9-8-10-22(27)19(2)3/h6-16,19-20,22-23H,1,17-18,21H2,2-4H3;6-15,18-20,22-23H,1,16-17,21H2,2-4H3;8-13,16-17,19-20H,7,14-15,18H2,1-5H3/t2*23-;20-/m000/s1. The van der Waals surface area contributed by atoms with Gasteiger partial charge in [-0.05, 0) is 169 Å². The molecule has 129 heavy (non-hydrogen) atoms. The van der Waals surface area contributed by atoms with Crippen LogP contribution in [0.5, 0.6) is 0 Å². The highest BCUT2D eigenvalue weighted by Gasteiger charge is 2.37. The predicted octanol–water partition coefficient (Wildman–Crippen LogP) is 23.0. The third-order valence-corrected chi connectivity index (χ3v) is 26.2. The van der Waals surface area contributed by atoms with Crippen LogP contribution in [0.3, 0.4) is 0 Å². The van der Waals surface area contributed by atoms with Gasteiger partial charge in [0.1, 0.15) is 0 Å². The van der Waals surface area contributed by atoms with Crippen molar-refractivity contribution in [2.45, 2.75) is 119 Å². The quantitative estimate of drug-likeness (QED) is 0.0704. The first-order valence-corrected chi connectivity index (χ1v) is 44.7. The van der Waals surface area contributed by atoms with Gasteiger partial charge in [0.2, 0.25) is 17.7 Å². The van der Waals surface area contributed by atoms with E-state index < -0.39 is 5.56 Å². The van der Waals surface area contributed by atoms with Crippen molar-refractivity contribution in [1.82, 2.24) is 43.2 Å². The molecule has 0 bridgehead atoms. The Balaban J connectivity index is 0.000000149. The number of amides is 3. The number of aromatic nitrogens is 6. The fourth-order valence-corrected chi connectivity index (χ4v) is 19.7. The lowest BCUT2D eigenvalue weighted by Crippen LogP contribution is -2.53. The first-order chi connectivity index (χ1) is 62.1. The van der Waals surface area contributed by atoms with Gasteiger partial charge < -0.3 is 29.4 Å². The van der Waals surface area contributed by atoms with Crippen LogP contribution in [0.25, 0.3) is 119 Å². The van der Waals surface area contributed by atoms with Crippen molar-refractivity contribution in [3.05, 3.63) is 322 Å². The van der Waals surface area contributed by atoms with E-state index in [0.29, 0.717) is 130 Å². The number of halogens is 4. The zero-order valence-electron chi connectivity index (χ0n) is 73.7. The molecule has 0 radical (unpaired) electrons. The van der Waals surface area contributed by atoms with E-state index in [1.165, 1.54) is 12.2 Å². The molecule has 14 aromatic rings. The summed E-state index contributed by atoms with van der Waals surface area (Å²) in [7, 11) is 0. The van der Waals surface area contributed by atoms with Crippen LogP contribution in [0, 0.1) is 19.7 Å². The summed E-state index contributed by atoms with van der Waals surface area (Å²) >= 11 is 27.8. The van der Waals surface area contributed by atoms with Crippen molar-refractivity contribution < 1.29 is 14.4 Å². The van der Waals surface area contributed by atoms with Crippen LogP contribution in [0.4, 0.5) is 34.1 Å². The van der Waals surface area contributed by atoms with Gasteiger partial charge in [0.05, 0.1) is 81.1 Å². The summed E-state index contributed by atoms with van der Waals surface area (Å²) < 4.78 is 6.88. The first kappa shape index (κ1) is 90.2. The van der Waals surface area contributed by atoms with Gasteiger partial charge in [0, 0.05) is 168 Å². The molecule has 0 saturated carbocycles. The summed E-state index contributed by atoms with van der Waals surface area (Å²) in [6.07, 6.45) is 7.96. The van der Waals surface area contributed by atoms with Gasteiger partial charge >= 0.3 is 0 Å². The van der Waals surface area contributed by atoms with E-state index in [9.17, 15) is 28.8 Å². The Bertz CT molecular complexity index is 7220. The molecule has 3 aliphatic heterocycles. The molecule has 0 N–H and O–H groups in total. The molecular formula is C104H97Cl4N15O6. The number of anilines is 3. The number of carbonyl (C=O) groups is 3. The minimum Gasteiger partial charge on any atom is -0.373 e. The second kappa shape index (κ2) is 37.8. The number of nitrogens with zero attached hydrogens (tertiary/aromatic N) is 15. The Morgan fingerprint density at radius 1 is 0.434 bits per heavy atom. The first-order valence-electron chi connectivity index (χ1n) is 43.2. The Morgan fingerprint density at radius 2 is 0.822 bits per heavy atom. The minimum absolute atomic E-state index is 0.0164. The fraction of sp³-hybridized carbons (Fsp3) is 0.260. The highest BCUT2D eigenvalue weighted by atomic mass is 35.5. The maximum atomic E-state index is 14.6. The highest BCUT2D eigenvalue weighted by Crippen LogP contribution is 2.49. The SMILES string of the molecule is [C-]#[N+]c1c(N2CCN(C(=O)C=C)C[C@@H]2C)c2cc(Cl)c(-c3ccc(Cl)c4ccccc34)cc2n(-c2ccccc2C(C)C)c1=O.[C-]#[N+]c1c(N2CCN(C(=O)C=C)C[C@@H]2C)c2cc(Cl)c(-c3cccc4ccncc34)cc2n(-c2ccccc2C(C)C)c1=O.[C-]#[N+]c1c(N2CCN(C(C)=O)C[C@@H]2C)c2cc(Cl)c(-c3ccnn3CC)cc2n(-c2ccccc2C(C)C)c1=O. The summed E-state index contributed by atoms with van der Waals surface area (Å²) in [4.78, 5) is 108. The molecular weight excluding hydrogens is 1700 g/mol. The maximum Gasteiger partial charge on any atom is 0.274 e. The van der Waals surface area contributed by atoms with E-state index in [2.05, 4.69) is 94.0 Å². The molecule has 3 atom stereocenters. The molecule has 21 nitrogen and oxygen atoms in total. The number of fused-ring (bicyclic) bond motifs is 5. The topological polar surface area (TPSA) is 180 Å². The normalized spacial score (nSPS) is 15.3. The molecule has 652 valence electrons. The van der Waals surface area contributed by atoms with E-state index in [1.54, 1.807) is 47.7 Å². The monoisotopic (exact) mass is 1790 g/mol. The third kappa shape index (κ3) is 16.8. The summed E-state index contributed by atoms with van der Waals surface area (Å²) in [6.45, 7) is 58.8. The smallest absolute Gasteiger partial charge is 0.274 e. The minimum atomic E-state index is -0.397.